The van der Waals surface area contributed by atoms with Gasteiger partial charge in [-0.3, -0.25) is 4.79 Å². The third kappa shape index (κ3) is 5.77. The number of carbonyl (C=O) groups excluding carboxylic acids is 1. The van der Waals surface area contributed by atoms with Crippen molar-refractivity contribution in [2.75, 3.05) is 19.0 Å². The second kappa shape index (κ2) is 9.41. The summed E-state index contributed by atoms with van der Waals surface area (Å²) in [5, 5.41) is 2.63. The molecule has 0 saturated carbocycles. The molecule has 0 heterocycles. The number of benzene rings is 2. The molecule has 0 fully saturated rings. The fraction of sp³-hybridized carbons (Fsp3) is 0.211. The van der Waals surface area contributed by atoms with Crippen molar-refractivity contribution in [2.45, 2.75) is 13.5 Å². The minimum absolute atomic E-state index is 0.0234. The molecular weight excluding hydrogens is 344 g/mol. The lowest BCUT2D eigenvalue weighted by Crippen LogP contribution is -2.08. The molecule has 0 atom stereocenters. The van der Waals surface area contributed by atoms with Gasteiger partial charge in [-0.15, -0.1) is 0 Å². The van der Waals surface area contributed by atoms with Crippen molar-refractivity contribution in [1.82, 2.24) is 0 Å². The Kier molecular flexibility index (Phi) is 6.96. The lowest BCUT2D eigenvalue weighted by molar-refractivity contribution is -0.111. The number of ether oxygens (including phenoxy) is 3. The third-order valence-corrected chi connectivity index (χ3v) is 3.26. The number of amides is 1. The Balaban J connectivity index is 1.99. The standard InChI is InChI=1S/C19H19F2NO4/c1-3-25-17-12-13(4-10-16(17)24-2)5-11-18(23)22-14-6-8-15(9-7-14)26-19(20)21/h4-12,19H,3H2,1-2H3,(H,22,23)/b11-5+. The van der Waals surface area contributed by atoms with Crippen LogP contribution in [0.5, 0.6) is 17.2 Å². The molecule has 2 aromatic rings. The molecule has 1 amide bonds. The number of carbonyl (C=O) groups is 1. The van der Waals surface area contributed by atoms with Crippen molar-refractivity contribution in [2.24, 2.45) is 0 Å². The second-order valence-electron chi connectivity index (χ2n) is 5.07. The van der Waals surface area contributed by atoms with Gasteiger partial charge < -0.3 is 19.5 Å². The molecule has 0 saturated heterocycles. The largest absolute Gasteiger partial charge is 0.493 e. The van der Waals surface area contributed by atoms with Gasteiger partial charge >= 0.3 is 6.61 Å². The fourth-order valence-corrected chi connectivity index (χ4v) is 2.14. The molecule has 0 spiro atoms. The van der Waals surface area contributed by atoms with Crippen LogP contribution < -0.4 is 19.5 Å². The first-order valence-corrected chi connectivity index (χ1v) is 7.86. The van der Waals surface area contributed by atoms with Gasteiger partial charge in [0.15, 0.2) is 11.5 Å². The smallest absolute Gasteiger partial charge is 0.387 e. The molecule has 0 bridgehead atoms. The van der Waals surface area contributed by atoms with Crippen molar-refractivity contribution in [3.63, 3.8) is 0 Å². The Hall–Kier alpha value is -3.09. The zero-order valence-electron chi connectivity index (χ0n) is 14.4. The van der Waals surface area contributed by atoms with Crippen molar-refractivity contribution in [3.05, 3.63) is 54.1 Å². The van der Waals surface area contributed by atoms with Gasteiger partial charge in [0.2, 0.25) is 5.91 Å². The van der Waals surface area contributed by atoms with E-state index in [0.717, 1.165) is 5.56 Å². The highest BCUT2D eigenvalue weighted by Crippen LogP contribution is 2.28. The predicted molar refractivity (Wildman–Crippen MR) is 94.9 cm³/mol. The molecule has 2 aromatic carbocycles. The summed E-state index contributed by atoms with van der Waals surface area (Å²) in [5.41, 5.74) is 1.23. The highest BCUT2D eigenvalue weighted by Gasteiger charge is 2.06. The van der Waals surface area contributed by atoms with Crippen LogP contribution in [-0.2, 0) is 4.79 Å². The van der Waals surface area contributed by atoms with Crippen molar-refractivity contribution in [1.29, 1.82) is 0 Å². The van der Waals surface area contributed by atoms with Crippen LogP contribution in [0.4, 0.5) is 14.5 Å². The van der Waals surface area contributed by atoms with Crippen LogP contribution >= 0.6 is 0 Å². The van der Waals surface area contributed by atoms with Gasteiger partial charge in [-0.25, -0.2) is 0 Å². The van der Waals surface area contributed by atoms with E-state index >= 15 is 0 Å². The SMILES string of the molecule is CCOc1cc(/C=C/C(=O)Nc2ccc(OC(F)F)cc2)ccc1OC. The monoisotopic (exact) mass is 363 g/mol. The minimum Gasteiger partial charge on any atom is -0.493 e. The van der Waals surface area contributed by atoms with E-state index in [1.165, 1.54) is 30.3 Å². The Morgan fingerprint density at radius 3 is 2.50 bits per heavy atom. The predicted octanol–water partition coefficient (Wildman–Crippen LogP) is 4.35. The van der Waals surface area contributed by atoms with Gasteiger partial charge in [-0.1, -0.05) is 6.07 Å². The van der Waals surface area contributed by atoms with Crippen molar-refractivity contribution in [3.8, 4) is 17.2 Å². The topological polar surface area (TPSA) is 56.8 Å². The normalized spacial score (nSPS) is 10.8. The van der Waals surface area contributed by atoms with Gasteiger partial charge in [0.25, 0.3) is 0 Å². The average molecular weight is 363 g/mol. The van der Waals surface area contributed by atoms with Crippen LogP contribution in [0, 0.1) is 0 Å². The average Bonchev–Trinajstić information content (AvgIpc) is 2.62. The van der Waals surface area contributed by atoms with Crippen LogP contribution in [0.15, 0.2) is 48.5 Å². The summed E-state index contributed by atoms with van der Waals surface area (Å²) >= 11 is 0. The molecule has 2 rings (SSSR count). The van der Waals surface area contributed by atoms with E-state index in [-0.39, 0.29) is 11.7 Å². The highest BCUT2D eigenvalue weighted by atomic mass is 19.3. The number of alkyl halides is 2. The number of hydrogen-bond donors (Lipinski definition) is 1. The molecular formula is C19H19F2NO4. The number of hydrogen-bond acceptors (Lipinski definition) is 4. The molecule has 0 aliphatic heterocycles. The lowest BCUT2D eigenvalue weighted by Gasteiger charge is -2.09. The minimum atomic E-state index is -2.88. The molecule has 0 aliphatic rings. The molecule has 138 valence electrons. The Morgan fingerprint density at radius 1 is 1.15 bits per heavy atom. The first-order chi connectivity index (χ1) is 12.5. The highest BCUT2D eigenvalue weighted by molar-refractivity contribution is 6.01. The molecule has 26 heavy (non-hydrogen) atoms. The number of anilines is 1. The summed E-state index contributed by atoms with van der Waals surface area (Å²) in [7, 11) is 1.55. The summed E-state index contributed by atoms with van der Waals surface area (Å²) in [6.07, 6.45) is 2.99. The molecule has 0 aromatic heterocycles. The van der Waals surface area contributed by atoms with Crippen LogP contribution in [0.2, 0.25) is 0 Å². The van der Waals surface area contributed by atoms with Crippen molar-refractivity contribution >= 4 is 17.7 Å². The maximum Gasteiger partial charge on any atom is 0.387 e. The summed E-state index contributed by atoms with van der Waals surface area (Å²) in [6.45, 7) is -0.521. The summed E-state index contributed by atoms with van der Waals surface area (Å²) in [6, 6.07) is 11.0. The summed E-state index contributed by atoms with van der Waals surface area (Å²) in [4.78, 5) is 12.0. The zero-order valence-corrected chi connectivity index (χ0v) is 14.4. The lowest BCUT2D eigenvalue weighted by atomic mass is 10.2. The Morgan fingerprint density at radius 2 is 1.88 bits per heavy atom. The summed E-state index contributed by atoms with van der Waals surface area (Å²) in [5.74, 6) is 0.864. The van der Waals surface area contributed by atoms with E-state index in [4.69, 9.17) is 9.47 Å². The van der Waals surface area contributed by atoms with E-state index in [2.05, 4.69) is 10.1 Å². The van der Waals surface area contributed by atoms with Crippen LogP contribution in [0.3, 0.4) is 0 Å². The van der Waals surface area contributed by atoms with Gasteiger partial charge in [0.1, 0.15) is 5.75 Å². The van der Waals surface area contributed by atoms with Gasteiger partial charge in [0.05, 0.1) is 13.7 Å². The quantitative estimate of drug-likeness (QED) is 0.709. The van der Waals surface area contributed by atoms with Gasteiger partial charge in [-0.05, 0) is 55.0 Å². The fourth-order valence-electron chi connectivity index (χ4n) is 2.14. The zero-order chi connectivity index (χ0) is 18.9. The first kappa shape index (κ1) is 19.2. The number of nitrogens with one attached hydrogen (secondary N) is 1. The number of methoxy groups -OCH3 is 1. The maximum absolute atomic E-state index is 12.1. The molecule has 0 aliphatic carbocycles. The van der Waals surface area contributed by atoms with Gasteiger partial charge in [-0.2, -0.15) is 8.78 Å². The van der Waals surface area contributed by atoms with Crippen LogP contribution in [-0.4, -0.2) is 26.2 Å². The molecule has 5 nitrogen and oxygen atoms in total. The summed E-state index contributed by atoms with van der Waals surface area (Å²) < 4.78 is 39.1. The van der Waals surface area contributed by atoms with Crippen LogP contribution in [0.25, 0.3) is 6.08 Å². The number of rotatable bonds is 8. The molecule has 0 unspecified atom stereocenters. The van der Waals surface area contributed by atoms with Gasteiger partial charge in [0, 0.05) is 11.8 Å². The first-order valence-electron chi connectivity index (χ1n) is 7.86. The van der Waals surface area contributed by atoms with E-state index in [0.29, 0.717) is 23.8 Å². The molecule has 0 radical (unpaired) electrons. The number of halogens is 2. The Labute approximate surface area is 150 Å². The van der Waals surface area contributed by atoms with Crippen molar-refractivity contribution < 1.29 is 27.8 Å². The third-order valence-electron chi connectivity index (χ3n) is 3.26. The van der Waals surface area contributed by atoms with Crippen LogP contribution in [0.1, 0.15) is 12.5 Å². The van der Waals surface area contributed by atoms with E-state index in [9.17, 15) is 13.6 Å². The molecule has 1 N–H and O–H groups in total. The Bertz CT molecular complexity index is 761. The van der Waals surface area contributed by atoms with E-state index < -0.39 is 6.61 Å². The molecule has 7 heteroatoms. The van der Waals surface area contributed by atoms with E-state index in [1.54, 1.807) is 31.4 Å². The van der Waals surface area contributed by atoms with E-state index in [1.807, 2.05) is 6.92 Å². The second-order valence-corrected chi connectivity index (χ2v) is 5.07. The maximum atomic E-state index is 12.1.